The van der Waals surface area contributed by atoms with Crippen LogP contribution in [0.5, 0.6) is 0 Å². The maximum absolute atomic E-state index is 6.85. The molecule has 6 nitrogen and oxygen atoms in total. The number of nitrogen functional groups attached to an aromatic ring is 1. The number of nitrogens with zero attached hydrogens (tertiary/aromatic N) is 3. The minimum absolute atomic E-state index is 0.256. The van der Waals surface area contributed by atoms with Crippen LogP contribution in [0.25, 0.3) is 11.4 Å². The molecule has 37 heavy (non-hydrogen) atoms. The molecule has 1 fully saturated rings. The lowest BCUT2D eigenvalue weighted by Gasteiger charge is -2.27. The molecule has 0 aliphatic heterocycles. The molecule has 4 rings (SSSR count). The van der Waals surface area contributed by atoms with E-state index in [1.165, 1.54) is 87.5 Å². The zero-order chi connectivity index (χ0) is 26.0. The van der Waals surface area contributed by atoms with Crippen LogP contribution in [-0.4, -0.2) is 21.0 Å². The summed E-state index contributed by atoms with van der Waals surface area (Å²) in [6.07, 6.45) is 19.8. The first-order valence-electron chi connectivity index (χ1n) is 14.9. The number of rotatable bonds is 10. The normalized spacial score (nSPS) is 19.7. The van der Waals surface area contributed by atoms with Crippen LogP contribution in [0.2, 0.25) is 0 Å². The summed E-state index contributed by atoms with van der Waals surface area (Å²) < 4.78 is 0. The molecule has 2 aromatic rings. The first-order valence-corrected chi connectivity index (χ1v) is 14.9. The molecule has 6 heteroatoms. The van der Waals surface area contributed by atoms with Gasteiger partial charge >= 0.3 is 0 Å². The molecular weight excluding hydrogens is 456 g/mol. The minimum Gasteiger partial charge on any atom is -0.398 e. The molecule has 0 bridgehead atoms. The van der Waals surface area contributed by atoms with E-state index in [0.29, 0.717) is 23.7 Å². The molecule has 1 saturated carbocycles. The maximum Gasteiger partial charge on any atom is 0.226 e. The average molecular weight is 505 g/mol. The number of allylic oxidation sites excluding steroid dienone is 1. The van der Waals surface area contributed by atoms with Crippen molar-refractivity contribution in [2.75, 3.05) is 11.1 Å². The number of nitrogens with two attached hydrogens (primary N) is 1. The molecule has 1 aromatic heterocycles. The fourth-order valence-electron chi connectivity index (χ4n) is 6.13. The summed E-state index contributed by atoms with van der Waals surface area (Å²) in [6.45, 7) is 8.99. The number of benzene rings is 1. The van der Waals surface area contributed by atoms with E-state index in [2.05, 4.69) is 53.2 Å². The molecule has 1 aromatic carbocycles. The predicted octanol–water partition coefficient (Wildman–Crippen LogP) is 7.73. The Morgan fingerprint density at radius 3 is 2.54 bits per heavy atom. The van der Waals surface area contributed by atoms with E-state index in [1.807, 2.05) is 0 Å². The zero-order valence-electron chi connectivity index (χ0n) is 23.2. The molecular formula is C31H48N6. The standard InChI is InChI=1S/C31H48N6/c1-4-6-14-23(5-2)22(3)35-28-18-13-12-17-26-25(28)19-20-27(29(26)32)30-33-21-34-31(37-30)36-24-15-10-8-7-9-11-16-24/h19-21,23-24,28,35H,3-18,32H2,1-2H3,(H,33,34,36,37). The Bertz CT molecular complexity index is 1010. The lowest BCUT2D eigenvalue weighted by Crippen LogP contribution is -2.25. The summed E-state index contributed by atoms with van der Waals surface area (Å²) in [5.41, 5.74) is 12.3. The van der Waals surface area contributed by atoms with Crippen molar-refractivity contribution in [1.82, 2.24) is 20.3 Å². The highest BCUT2D eigenvalue weighted by atomic mass is 15.2. The van der Waals surface area contributed by atoms with Gasteiger partial charge in [0.05, 0.1) is 6.04 Å². The van der Waals surface area contributed by atoms with Crippen LogP contribution in [0.1, 0.15) is 121 Å². The molecule has 2 aliphatic carbocycles. The number of anilines is 2. The molecule has 2 atom stereocenters. The Morgan fingerprint density at radius 2 is 1.78 bits per heavy atom. The molecule has 0 saturated heterocycles. The average Bonchev–Trinajstić information content (AvgIpc) is 3.09. The highest BCUT2D eigenvalue weighted by molar-refractivity contribution is 5.76. The third kappa shape index (κ3) is 7.24. The van der Waals surface area contributed by atoms with Gasteiger partial charge in [-0.2, -0.15) is 4.98 Å². The molecule has 2 unspecified atom stereocenters. The summed E-state index contributed by atoms with van der Waals surface area (Å²) in [5.74, 6) is 1.85. The number of hydrogen-bond acceptors (Lipinski definition) is 6. The Labute approximate surface area is 224 Å². The number of fused-ring (bicyclic) bond motifs is 1. The van der Waals surface area contributed by atoms with E-state index in [1.54, 1.807) is 6.33 Å². The first-order chi connectivity index (χ1) is 18.1. The molecule has 4 N–H and O–H groups in total. The monoisotopic (exact) mass is 504 g/mol. The Hall–Kier alpha value is -2.63. The van der Waals surface area contributed by atoms with Crippen LogP contribution in [0.3, 0.4) is 0 Å². The van der Waals surface area contributed by atoms with Gasteiger partial charge in [-0.15, -0.1) is 0 Å². The van der Waals surface area contributed by atoms with Crippen molar-refractivity contribution < 1.29 is 0 Å². The second-order valence-electron chi connectivity index (χ2n) is 11.1. The minimum atomic E-state index is 0.256. The fourth-order valence-corrected chi connectivity index (χ4v) is 6.13. The lowest BCUT2D eigenvalue weighted by molar-refractivity contribution is 0.443. The van der Waals surface area contributed by atoms with Crippen molar-refractivity contribution >= 4 is 11.6 Å². The van der Waals surface area contributed by atoms with Gasteiger partial charge in [0.1, 0.15) is 6.33 Å². The van der Waals surface area contributed by atoms with Crippen LogP contribution < -0.4 is 16.4 Å². The topological polar surface area (TPSA) is 88.8 Å². The fraction of sp³-hybridized carbons (Fsp3) is 0.645. The van der Waals surface area contributed by atoms with Crippen molar-refractivity contribution in [3.63, 3.8) is 0 Å². The number of nitrogens with one attached hydrogen (secondary N) is 2. The quantitative estimate of drug-likeness (QED) is 0.227. The largest absolute Gasteiger partial charge is 0.398 e. The number of unbranched alkanes of at least 4 members (excludes halogenated alkanes) is 1. The van der Waals surface area contributed by atoms with Crippen LogP contribution >= 0.6 is 0 Å². The van der Waals surface area contributed by atoms with Crippen molar-refractivity contribution in [2.45, 2.75) is 122 Å². The molecule has 202 valence electrons. The molecule has 1 heterocycles. The second-order valence-corrected chi connectivity index (χ2v) is 11.1. The van der Waals surface area contributed by atoms with E-state index >= 15 is 0 Å². The second kappa shape index (κ2) is 13.8. The molecule has 0 radical (unpaired) electrons. The van der Waals surface area contributed by atoms with Crippen molar-refractivity contribution in [2.24, 2.45) is 5.92 Å². The van der Waals surface area contributed by atoms with Gasteiger partial charge in [0.25, 0.3) is 0 Å². The van der Waals surface area contributed by atoms with E-state index in [-0.39, 0.29) is 6.04 Å². The predicted molar refractivity (Wildman–Crippen MR) is 155 cm³/mol. The van der Waals surface area contributed by atoms with Crippen LogP contribution in [0, 0.1) is 5.92 Å². The van der Waals surface area contributed by atoms with Crippen molar-refractivity contribution in [3.8, 4) is 11.4 Å². The Kier molecular flexibility index (Phi) is 10.2. The third-order valence-electron chi connectivity index (χ3n) is 8.44. The highest BCUT2D eigenvalue weighted by Crippen LogP contribution is 2.38. The van der Waals surface area contributed by atoms with Crippen LogP contribution in [-0.2, 0) is 6.42 Å². The summed E-state index contributed by atoms with van der Waals surface area (Å²) in [4.78, 5) is 13.8. The summed E-state index contributed by atoms with van der Waals surface area (Å²) >= 11 is 0. The van der Waals surface area contributed by atoms with Crippen molar-refractivity contribution in [3.05, 3.63) is 41.9 Å². The van der Waals surface area contributed by atoms with Gasteiger partial charge in [-0.05, 0) is 68.1 Å². The molecule has 2 aliphatic rings. The van der Waals surface area contributed by atoms with Crippen LogP contribution in [0.4, 0.5) is 11.6 Å². The molecule has 0 amide bonds. The SMILES string of the molecule is C=C(NC1CCCCc2c1ccc(-c1ncnc(NC3CCCCCCC3)n1)c2N)C(CC)CCCC. The maximum atomic E-state index is 6.85. The third-order valence-corrected chi connectivity index (χ3v) is 8.44. The van der Waals surface area contributed by atoms with Gasteiger partial charge in [-0.3, -0.25) is 0 Å². The Morgan fingerprint density at radius 1 is 1.03 bits per heavy atom. The van der Waals surface area contributed by atoms with Gasteiger partial charge in [0.2, 0.25) is 5.95 Å². The van der Waals surface area contributed by atoms with Gasteiger partial charge in [0, 0.05) is 23.0 Å². The van der Waals surface area contributed by atoms with Gasteiger partial charge in [-0.1, -0.05) is 77.9 Å². The number of hydrogen-bond donors (Lipinski definition) is 3. The molecule has 0 spiro atoms. The summed E-state index contributed by atoms with van der Waals surface area (Å²) in [6, 6.07) is 5.05. The summed E-state index contributed by atoms with van der Waals surface area (Å²) in [5, 5.41) is 7.41. The van der Waals surface area contributed by atoms with E-state index in [0.717, 1.165) is 36.9 Å². The summed E-state index contributed by atoms with van der Waals surface area (Å²) in [7, 11) is 0. The van der Waals surface area contributed by atoms with Gasteiger partial charge in [0.15, 0.2) is 5.82 Å². The van der Waals surface area contributed by atoms with Gasteiger partial charge < -0.3 is 16.4 Å². The highest BCUT2D eigenvalue weighted by Gasteiger charge is 2.24. The lowest BCUT2D eigenvalue weighted by atomic mass is 9.92. The van der Waals surface area contributed by atoms with Crippen molar-refractivity contribution in [1.29, 1.82) is 0 Å². The zero-order valence-corrected chi connectivity index (χ0v) is 23.2. The van der Waals surface area contributed by atoms with E-state index < -0.39 is 0 Å². The van der Waals surface area contributed by atoms with Crippen LogP contribution in [0.15, 0.2) is 30.7 Å². The smallest absolute Gasteiger partial charge is 0.226 e. The van der Waals surface area contributed by atoms with E-state index in [4.69, 9.17) is 10.7 Å². The first kappa shape index (κ1) is 27.4. The number of aromatic nitrogens is 3. The Balaban J connectivity index is 1.53. The van der Waals surface area contributed by atoms with Gasteiger partial charge in [-0.25, -0.2) is 9.97 Å². The van der Waals surface area contributed by atoms with E-state index in [9.17, 15) is 0 Å².